The first-order valence-corrected chi connectivity index (χ1v) is 4.99. The van der Waals surface area contributed by atoms with Crippen LogP contribution in [0.5, 0.6) is 0 Å². The molecule has 0 aromatic rings. The summed E-state index contributed by atoms with van der Waals surface area (Å²) in [5, 5.41) is 4.00. The van der Waals surface area contributed by atoms with Gasteiger partial charge < -0.3 is 15.0 Å². The van der Waals surface area contributed by atoms with E-state index in [9.17, 15) is 0 Å². The van der Waals surface area contributed by atoms with Gasteiger partial charge >= 0.3 is 0 Å². The zero-order valence-electron chi connectivity index (χ0n) is 8.96. The number of nitrogens with one attached hydrogen (secondary N) is 1. The molecule has 0 amide bonds. The molecule has 0 atom stereocenters. The van der Waals surface area contributed by atoms with Crippen LogP contribution in [-0.4, -0.2) is 43.4 Å². The van der Waals surface area contributed by atoms with Gasteiger partial charge in [-0.25, -0.2) is 0 Å². The number of thiocarbonyl (C=S) groups is 1. The molecule has 13 heavy (non-hydrogen) atoms. The molecule has 0 bridgehead atoms. The topological polar surface area (TPSA) is 24.5 Å². The van der Waals surface area contributed by atoms with Crippen LogP contribution in [0.3, 0.4) is 0 Å². The number of hydrogen-bond acceptors (Lipinski definition) is 2. The Bertz CT molecular complexity index is 151. The second-order valence-electron chi connectivity index (χ2n) is 3.37. The molecule has 0 saturated heterocycles. The van der Waals surface area contributed by atoms with Gasteiger partial charge in [0, 0.05) is 33.4 Å². The maximum absolute atomic E-state index is 5.18. The number of nitrogens with zero attached hydrogens (tertiary/aromatic N) is 1. The van der Waals surface area contributed by atoms with E-state index in [4.69, 9.17) is 17.0 Å². The molecule has 0 spiro atoms. The maximum Gasteiger partial charge on any atom is 0.168 e. The lowest BCUT2D eigenvalue weighted by Gasteiger charge is -2.22. The molecule has 1 N–H and O–H groups in total. The van der Waals surface area contributed by atoms with Crippen molar-refractivity contribution in [3.05, 3.63) is 0 Å². The van der Waals surface area contributed by atoms with E-state index in [0.29, 0.717) is 6.04 Å². The Morgan fingerprint density at radius 1 is 1.54 bits per heavy atom. The molecule has 0 unspecified atom stereocenters. The van der Waals surface area contributed by atoms with E-state index < -0.39 is 0 Å². The van der Waals surface area contributed by atoms with E-state index in [1.807, 2.05) is 11.9 Å². The minimum Gasteiger partial charge on any atom is -0.385 e. The van der Waals surface area contributed by atoms with E-state index >= 15 is 0 Å². The lowest BCUT2D eigenvalue weighted by atomic mass is 10.4. The van der Waals surface area contributed by atoms with Crippen LogP contribution in [0.25, 0.3) is 0 Å². The molecule has 78 valence electrons. The van der Waals surface area contributed by atoms with E-state index in [2.05, 4.69) is 19.2 Å². The van der Waals surface area contributed by atoms with Gasteiger partial charge in [-0.1, -0.05) is 0 Å². The Morgan fingerprint density at radius 2 is 2.15 bits per heavy atom. The summed E-state index contributed by atoms with van der Waals surface area (Å²) in [4.78, 5) is 2.04. The fourth-order valence-corrected chi connectivity index (χ4v) is 1.23. The molecule has 3 nitrogen and oxygen atoms in total. The highest BCUT2D eigenvalue weighted by molar-refractivity contribution is 7.80. The zero-order chi connectivity index (χ0) is 10.3. The van der Waals surface area contributed by atoms with Crippen molar-refractivity contribution in [3.63, 3.8) is 0 Å². The fraction of sp³-hybridized carbons (Fsp3) is 0.889. The second-order valence-corrected chi connectivity index (χ2v) is 3.76. The first-order valence-electron chi connectivity index (χ1n) is 4.58. The Balaban J connectivity index is 3.57. The normalized spacial score (nSPS) is 10.2. The van der Waals surface area contributed by atoms with Crippen molar-refractivity contribution in [3.8, 4) is 0 Å². The predicted octanol–water partition coefficient (Wildman–Crippen LogP) is 1.24. The molecule has 0 aromatic heterocycles. The van der Waals surface area contributed by atoms with Gasteiger partial charge in [0.25, 0.3) is 0 Å². The van der Waals surface area contributed by atoms with Crippen molar-refractivity contribution in [1.29, 1.82) is 0 Å². The number of methoxy groups -OCH3 is 1. The molecule has 0 aliphatic rings. The Kier molecular flexibility index (Phi) is 6.90. The van der Waals surface area contributed by atoms with Crippen LogP contribution in [-0.2, 0) is 4.74 Å². The highest BCUT2D eigenvalue weighted by Crippen LogP contribution is 1.91. The molecule has 4 heteroatoms. The summed E-state index contributed by atoms with van der Waals surface area (Å²) >= 11 is 5.18. The van der Waals surface area contributed by atoms with Gasteiger partial charge in [-0.3, -0.25) is 0 Å². The summed E-state index contributed by atoms with van der Waals surface area (Å²) in [6.45, 7) is 5.88. The first kappa shape index (κ1) is 12.7. The highest BCUT2D eigenvalue weighted by Gasteiger charge is 2.03. The second kappa shape index (κ2) is 7.09. The molecule has 0 aliphatic heterocycles. The van der Waals surface area contributed by atoms with Crippen LogP contribution in [0.15, 0.2) is 0 Å². The summed E-state index contributed by atoms with van der Waals surface area (Å²) in [5.41, 5.74) is 0. The number of ether oxygens (including phenoxy) is 1. The molecule has 0 fully saturated rings. The zero-order valence-corrected chi connectivity index (χ0v) is 9.78. The molecule has 0 heterocycles. The van der Waals surface area contributed by atoms with Crippen LogP contribution in [0, 0.1) is 0 Å². The van der Waals surface area contributed by atoms with Crippen LogP contribution in [0.1, 0.15) is 20.3 Å². The number of hydrogen-bond donors (Lipinski definition) is 1. The fourth-order valence-electron chi connectivity index (χ4n) is 0.905. The molecule has 0 aromatic carbocycles. The Morgan fingerprint density at radius 3 is 2.62 bits per heavy atom. The standard InChI is InChI=1S/C9H20N2OS/c1-8(2)10-9(13)11(3)6-5-7-12-4/h8H,5-7H2,1-4H3,(H,10,13). The van der Waals surface area contributed by atoms with Crippen LogP contribution in [0.4, 0.5) is 0 Å². The van der Waals surface area contributed by atoms with E-state index in [0.717, 1.165) is 24.7 Å². The number of rotatable bonds is 5. The summed E-state index contributed by atoms with van der Waals surface area (Å²) in [5.74, 6) is 0. The average Bonchev–Trinajstić information content (AvgIpc) is 2.03. The lowest BCUT2D eigenvalue weighted by molar-refractivity contribution is 0.188. The van der Waals surface area contributed by atoms with Crippen molar-refractivity contribution in [2.45, 2.75) is 26.3 Å². The Labute approximate surface area is 86.4 Å². The third-order valence-corrected chi connectivity index (χ3v) is 2.03. The lowest BCUT2D eigenvalue weighted by Crippen LogP contribution is -2.41. The van der Waals surface area contributed by atoms with Gasteiger partial charge in [0.15, 0.2) is 5.11 Å². The molecular weight excluding hydrogens is 184 g/mol. The van der Waals surface area contributed by atoms with Crippen molar-refractivity contribution in [1.82, 2.24) is 10.2 Å². The molecule has 0 radical (unpaired) electrons. The van der Waals surface area contributed by atoms with E-state index in [1.165, 1.54) is 0 Å². The van der Waals surface area contributed by atoms with Crippen LogP contribution < -0.4 is 5.32 Å². The van der Waals surface area contributed by atoms with Crippen molar-refractivity contribution in [2.75, 3.05) is 27.3 Å². The van der Waals surface area contributed by atoms with Gasteiger partial charge in [0.1, 0.15) is 0 Å². The minimum atomic E-state index is 0.400. The third-order valence-electron chi connectivity index (χ3n) is 1.60. The van der Waals surface area contributed by atoms with Gasteiger partial charge in [0.05, 0.1) is 0 Å². The van der Waals surface area contributed by atoms with Crippen LogP contribution in [0.2, 0.25) is 0 Å². The quantitative estimate of drug-likeness (QED) is 0.538. The summed E-state index contributed by atoms with van der Waals surface area (Å²) < 4.78 is 4.96. The minimum absolute atomic E-state index is 0.400. The van der Waals surface area contributed by atoms with Gasteiger partial charge in [0.2, 0.25) is 0 Å². The summed E-state index contributed by atoms with van der Waals surface area (Å²) in [7, 11) is 3.71. The molecule has 0 aliphatic carbocycles. The van der Waals surface area contributed by atoms with E-state index in [1.54, 1.807) is 7.11 Å². The van der Waals surface area contributed by atoms with Gasteiger partial charge in [-0.05, 0) is 32.5 Å². The van der Waals surface area contributed by atoms with E-state index in [-0.39, 0.29) is 0 Å². The van der Waals surface area contributed by atoms with Gasteiger partial charge in [-0.15, -0.1) is 0 Å². The summed E-state index contributed by atoms with van der Waals surface area (Å²) in [6.07, 6.45) is 1.01. The summed E-state index contributed by atoms with van der Waals surface area (Å²) in [6, 6.07) is 0.400. The molecule has 0 rings (SSSR count). The maximum atomic E-state index is 5.18. The van der Waals surface area contributed by atoms with Crippen molar-refractivity contribution >= 4 is 17.3 Å². The third kappa shape index (κ3) is 6.78. The first-order chi connectivity index (χ1) is 6.07. The molecule has 0 saturated carbocycles. The molecular formula is C9H20N2OS. The highest BCUT2D eigenvalue weighted by atomic mass is 32.1. The SMILES string of the molecule is COCCCN(C)C(=S)NC(C)C. The average molecular weight is 204 g/mol. The van der Waals surface area contributed by atoms with Gasteiger partial charge in [-0.2, -0.15) is 0 Å². The smallest absolute Gasteiger partial charge is 0.168 e. The monoisotopic (exact) mass is 204 g/mol. The largest absolute Gasteiger partial charge is 0.385 e. The van der Waals surface area contributed by atoms with Crippen molar-refractivity contribution in [2.24, 2.45) is 0 Å². The van der Waals surface area contributed by atoms with Crippen LogP contribution >= 0.6 is 12.2 Å². The van der Waals surface area contributed by atoms with Crippen molar-refractivity contribution < 1.29 is 4.74 Å². The Hall–Kier alpha value is -0.350. The predicted molar refractivity (Wildman–Crippen MR) is 60.0 cm³/mol.